The molecule has 2 heteroatoms. The molecular weight excluding hydrogens is 116 g/mol. The maximum absolute atomic E-state index is 10.6. The SMILES string of the molecule is CCC(=O)CC=C(C)O. The van der Waals surface area contributed by atoms with E-state index in [9.17, 15) is 4.79 Å². The Bertz CT molecular complexity index is 121. The van der Waals surface area contributed by atoms with Crippen molar-refractivity contribution in [3.63, 3.8) is 0 Å². The Kier molecular flexibility index (Phi) is 3.76. The summed E-state index contributed by atoms with van der Waals surface area (Å²) in [5.41, 5.74) is 0. The zero-order valence-corrected chi connectivity index (χ0v) is 5.85. The summed E-state index contributed by atoms with van der Waals surface area (Å²) < 4.78 is 0. The normalized spacial score (nSPS) is 11.6. The molecule has 0 amide bonds. The lowest BCUT2D eigenvalue weighted by Gasteiger charge is -1.89. The van der Waals surface area contributed by atoms with Crippen LogP contribution in [0.1, 0.15) is 26.7 Å². The van der Waals surface area contributed by atoms with Crippen LogP contribution in [0.15, 0.2) is 11.8 Å². The van der Waals surface area contributed by atoms with Gasteiger partial charge in [0.25, 0.3) is 0 Å². The van der Waals surface area contributed by atoms with E-state index >= 15 is 0 Å². The molecule has 0 fully saturated rings. The fraction of sp³-hybridized carbons (Fsp3) is 0.571. The van der Waals surface area contributed by atoms with Gasteiger partial charge in [-0.1, -0.05) is 6.92 Å². The van der Waals surface area contributed by atoms with Gasteiger partial charge < -0.3 is 5.11 Å². The van der Waals surface area contributed by atoms with Crippen LogP contribution in [-0.4, -0.2) is 10.9 Å². The monoisotopic (exact) mass is 128 g/mol. The first kappa shape index (κ1) is 8.21. The topological polar surface area (TPSA) is 37.3 Å². The summed E-state index contributed by atoms with van der Waals surface area (Å²) in [6, 6.07) is 0. The van der Waals surface area contributed by atoms with E-state index in [2.05, 4.69) is 0 Å². The number of aliphatic hydroxyl groups excluding tert-OH is 1. The first-order valence-electron chi connectivity index (χ1n) is 3.04. The van der Waals surface area contributed by atoms with E-state index in [0.29, 0.717) is 12.8 Å². The summed E-state index contributed by atoms with van der Waals surface area (Å²) in [7, 11) is 0. The van der Waals surface area contributed by atoms with Gasteiger partial charge in [-0.2, -0.15) is 0 Å². The summed E-state index contributed by atoms with van der Waals surface area (Å²) in [5.74, 6) is 0.375. The summed E-state index contributed by atoms with van der Waals surface area (Å²) >= 11 is 0. The van der Waals surface area contributed by atoms with Crippen molar-refractivity contribution in [2.45, 2.75) is 26.7 Å². The van der Waals surface area contributed by atoms with E-state index in [-0.39, 0.29) is 11.5 Å². The maximum Gasteiger partial charge on any atom is 0.136 e. The van der Waals surface area contributed by atoms with Crippen LogP contribution < -0.4 is 0 Å². The van der Waals surface area contributed by atoms with Crippen molar-refractivity contribution in [1.29, 1.82) is 0 Å². The predicted molar refractivity (Wildman–Crippen MR) is 36.3 cm³/mol. The van der Waals surface area contributed by atoms with E-state index in [4.69, 9.17) is 5.11 Å². The van der Waals surface area contributed by atoms with Crippen molar-refractivity contribution >= 4 is 5.78 Å². The van der Waals surface area contributed by atoms with Crippen LogP contribution in [-0.2, 0) is 4.79 Å². The average molecular weight is 128 g/mol. The Morgan fingerprint density at radius 1 is 1.67 bits per heavy atom. The highest BCUT2D eigenvalue weighted by atomic mass is 16.3. The van der Waals surface area contributed by atoms with Gasteiger partial charge in [-0.3, -0.25) is 4.79 Å². The van der Waals surface area contributed by atoms with Gasteiger partial charge in [-0.15, -0.1) is 0 Å². The van der Waals surface area contributed by atoms with Crippen LogP contribution in [0, 0.1) is 0 Å². The molecule has 0 bridgehead atoms. The number of allylic oxidation sites excluding steroid dienone is 2. The Morgan fingerprint density at radius 3 is 2.56 bits per heavy atom. The summed E-state index contributed by atoms with van der Waals surface area (Å²) in [5, 5.41) is 8.61. The molecule has 52 valence electrons. The molecule has 0 radical (unpaired) electrons. The number of rotatable bonds is 3. The zero-order chi connectivity index (χ0) is 7.28. The molecular formula is C7H12O2. The summed E-state index contributed by atoms with van der Waals surface area (Å²) in [6.45, 7) is 3.37. The van der Waals surface area contributed by atoms with Crippen molar-refractivity contribution in [3.05, 3.63) is 11.8 Å². The van der Waals surface area contributed by atoms with Crippen LogP contribution in [0.25, 0.3) is 0 Å². The third-order valence-corrected chi connectivity index (χ3v) is 1.02. The number of carbonyl (C=O) groups is 1. The molecule has 0 aliphatic carbocycles. The van der Waals surface area contributed by atoms with E-state index in [0.717, 1.165) is 0 Å². The Balaban J connectivity index is 3.50. The fourth-order valence-electron chi connectivity index (χ4n) is 0.406. The number of hydrogen-bond acceptors (Lipinski definition) is 2. The van der Waals surface area contributed by atoms with Crippen LogP contribution in [0.2, 0.25) is 0 Å². The highest BCUT2D eigenvalue weighted by Crippen LogP contribution is 1.93. The van der Waals surface area contributed by atoms with Gasteiger partial charge in [0.1, 0.15) is 5.78 Å². The minimum atomic E-state index is 0.156. The van der Waals surface area contributed by atoms with Crippen molar-refractivity contribution in [1.82, 2.24) is 0 Å². The van der Waals surface area contributed by atoms with Crippen molar-refractivity contribution in [2.24, 2.45) is 0 Å². The summed E-state index contributed by atoms with van der Waals surface area (Å²) in [6.07, 6.45) is 2.43. The van der Waals surface area contributed by atoms with E-state index < -0.39 is 0 Å². The molecule has 0 aliphatic heterocycles. The molecule has 0 spiro atoms. The van der Waals surface area contributed by atoms with Gasteiger partial charge in [-0.05, 0) is 13.0 Å². The highest BCUT2D eigenvalue weighted by Gasteiger charge is 1.92. The summed E-state index contributed by atoms with van der Waals surface area (Å²) in [4.78, 5) is 10.6. The van der Waals surface area contributed by atoms with Gasteiger partial charge >= 0.3 is 0 Å². The number of Topliss-reactive ketones (excluding diaryl/α,β-unsaturated/α-hetero) is 1. The number of carbonyl (C=O) groups excluding carboxylic acids is 1. The van der Waals surface area contributed by atoms with Gasteiger partial charge in [0, 0.05) is 12.8 Å². The smallest absolute Gasteiger partial charge is 0.136 e. The number of aliphatic hydroxyl groups is 1. The molecule has 0 aromatic heterocycles. The van der Waals surface area contributed by atoms with Crippen LogP contribution in [0.5, 0.6) is 0 Å². The largest absolute Gasteiger partial charge is 0.513 e. The van der Waals surface area contributed by atoms with Gasteiger partial charge in [-0.25, -0.2) is 0 Å². The number of hydrogen-bond donors (Lipinski definition) is 1. The van der Waals surface area contributed by atoms with Crippen molar-refractivity contribution < 1.29 is 9.90 Å². The molecule has 0 aliphatic rings. The molecule has 2 nitrogen and oxygen atoms in total. The van der Waals surface area contributed by atoms with Crippen LogP contribution in [0.4, 0.5) is 0 Å². The second-order valence-corrected chi connectivity index (χ2v) is 1.94. The molecule has 0 unspecified atom stereocenters. The molecule has 0 rings (SSSR count). The molecule has 0 aromatic rings. The lowest BCUT2D eigenvalue weighted by molar-refractivity contribution is -0.117. The van der Waals surface area contributed by atoms with Gasteiger partial charge in [0.05, 0.1) is 5.76 Å². The fourth-order valence-corrected chi connectivity index (χ4v) is 0.406. The number of ketones is 1. The molecule has 9 heavy (non-hydrogen) atoms. The van der Waals surface area contributed by atoms with Gasteiger partial charge in [0.15, 0.2) is 0 Å². The first-order valence-corrected chi connectivity index (χ1v) is 3.04. The van der Waals surface area contributed by atoms with Gasteiger partial charge in [0.2, 0.25) is 0 Å². The lowest BCUT2D eigenvalue weighted by Crippen LogP contribution is -1.91. The Hall–Kier alpha value is -0.790. The molecule has 0 atom stereocenters. The standard InChI is InChI=1S/C7H12O2/c1-3-7(9)5-4-6(2)8/h4,8H,3,5H2,1-2H3. The minimum absolute atomic E-state index is 0.156. The maximum atomic E-state index is 10.6. The van der Waals surface area contributed by atoms with Crippen LogP contribution >= 0.6 is 0 Å². The molecule has 1 N–H and O–H groups in total. The Labute approximate surface area is 55.2 Å². The van der Waals surface area contributed by atoms with E-state index in [1.165, 1.54) is 6.08 Å². The lowest BCUT2D eigenvalue weighted by atomic mass is 10.2. The molecule has 0 saturated carbocycles. The minimum Gasteiger partial charge on any atom is -0.513 e. The van der Waals surface area contributed by atoms with Crippen molar-refractivity contribution in [3.8, 4) is 0 Å². The first-order chi connectivity index (χ1) is 4.16. The van der Waals surface area contributed by atoms with Crippen molar-refractivity contribution in [2.75, 3.05) is 0 Å². The average Bonchev–Trinajstić information content (AvgIpc) is 1.83. The second-order valence-electron chi connectivity index (χ2n) is 1.94. The van der Waals surface area contributed by atoms with Crippen LogP contribution in [0.3, 0.4) is 0 Å². The molecule has 0 aromatic carbocycles. The highest BCUT2D eigenvalue weighted by molar-refractivity contribution is 5.79. The Morgan fingerprint density at radius 2 is 2.22 bits per heavy atom. The predicted octanol–water partition coefficient (Wildman–Crippen LogP) is 1.82. The second kappa shape index (κ2) is 4.13. The quantitative estimate of drug-likeness (QED) is 0.588. The molecule has 0 heterocycles. The zero-order valence-electron chi connectivity index (χ0n) is 5.85. The van der Waals surface area contributed by atoms with E-state index in [1.54, 1.807) is 6.92 Å². The third-order valence-electron chi connectivity index (χ3n) is 1.02. The third kappa shape index (κ3) is 5.07. The molecule has 0 saturated heterocycles. The van der Waals surface area contributed by atoms with E-state index in [1.807, 2.05) is 6.92 Å².